The van der Waals surface area contributed by atoms with Gasteiger partial charge in [0.1, 0.15) is 72.4 Å². The van der Waals surface area contributed by atoms with Gasteiger partial charge in [-0.05, 0) is 35.7 Å². The van der Waals surface area contributed by atoms with E-state index < -0.39 is 0 Å². The van der Waals surface area contributed by atoms with E-state index in [1.54, 1.807) is 49.6 Å². The molecule has 82 heavy (non-hydrogen) atoms. The molecule has 0 saturated carbocycles. The fourth-order valence-corrected chi connectivity index (χ4v) is 7.79. The largest absolute Gasteiger partial charge is 0.471 e. The van der Waals surface area contributed by atoms with E-state index in [0.717, 1.165) is 51.4 Å². The van der Waals surface area contributed by atoms with E-state index in [0.29, 0.717) is 70.1 Å². The van der Waals surface area contributed by atoms with Gasteiger partial charge in [-0.2, -0.15) is 9.97 Å². The summed E-state index contributed by atoms with van der Waals surface area (Å²) in [7, 11) is 3.87. The molecule has 0 atom stereocenters. The van der Waals surface area contributed by atoms with Crippen molar-refractivity contribution in [3.05, 3.63) is 206 Å². The van der Waals surface area contributed by atoms with Crippen LogP contribution in [0, 0.1) is 6.92 Å². The van der Waals surface area contributed by atoms with Crippen LogP contribution in [0.3, 0.4) is 0 Å². The number of ether oxygens (including phenoxy) is 2. The van der Waals surface area contributed by atoms with Crippen molar-refractivity contribution in [3.63, 3.8) is 0 Å². The average molecular weight is 1090 g/mol. The molecule has 0 radical (unpaired) electrons. The number of rotatable bonds is 12. The average Bonchev–Trinajstić information content (AvgIpc) is 4.42. The van der Waals surface area contributed by atoms with Crippen molar-refractivity contribution in [1.82, 2.24) is 99.7 Å². The third-order valence-electron chi connectivity index (χ3n) is 11.7. The van der Waals surface area contributed by atoms with E-state index >= 15 is 0 Å². The fraction of sp³-hybridized carbons (Fsp3) is 0.107. The van der Waals surface area contributed by atoms with E-state index in [1.807, 2.05) is 85.7 Å². The molecule has 14 aromatic rings. The number of aryl methyl sites for hydroxylation is 1. The molecule has 0 aliphatic rings. The maximum absolute atomic E-state index is 12.0. The molecule has 26 heteroatoms. The van der Waals surface area contributed by atoms with Crippen molar-refractivity contribution < 1.29 is 14.3 Å². The number of anilines is 3. The molecule has 14 rings (SSSR count). The van der Waals surface area contributed by atoms with Gasteiger partial charge in [-0.3, -0.25) is 4.79 Å². The lowest BCUT2D eigenvalue weighted by molar-refractivity contribution is 0.102. The second-order valence-electron chi connectivity index (χ2n) is 17.6. The predicted octanol–water partition coefficient (Wildman–Crippen LogP) is 8.16. The zero-order valence-corrected chi connectivity index (χ0v) is 44.2. The lowest BCUT2D eigenvalue weighted by atomic mass is 10.1. The molecule has 0 fully saturated rings. The van der Waals surface area contributed by atoms with Crippen molar-refractivity contribution in [2.24, 2.45) is 0 Å². The van der Waals surface area contributed by atoms with Crippen LogP contribution in [0.15, 0.2) is 179 Å². The summed E-state index contributed by atoms with van der Waals surface area (Å²) >= 11 is 0. The first-order chi connectivity index (χ1) is 40.3. The normalized spacial score (nSPS) is 10.6. The Morgan fingerprint density at radius 3 is 1.41 bits per heavy atom. The minimum Gasteiger partial charge on any atom is -0.471 e. The summed E-state index contributed by atoms with van der Waals surface area (Å²) in [4.78, 5) is 89.6. The number of nitrogens with zero attached hydrogens (tertiary/aromatic N) is 16. The number of H-pyrrole nitrogens is 5. The zero-order chi connectivity index (χ0) is 56.3. The number of hydrogen-bond acceptors (Lipinski definition) is 20. The SMILES string of the molecule is CN(C)c1ncnc2nc[nH]c12.Cc1cccc(COc2ncnc3nc[nH]c23)c1.O=C(Nc1ncnc2nc[nH]c12)c1ccccc1.c1ccc(CNc2ncnc3nc[nH]c23)cc1.c1ccc(COc2ncnc3nc[nH]c23)cc1. The molecule has 10 heterocycles. The van der Waals surface area contributed by atoms with Crippen molar-refractivity contribution in [2.45, 2.75) is 26.7 Å². The molecule has 0 unspecified atom stereocenters. The summed E-state index contributed by atoms with van der Waals surface area (Å²) in [6.07, 6.45) is 15.2. The molecule has 0 bridgehead atoms. The first kappa shape index (κ1) is 53.7. The number of carbonyl (C=O) groups excluding carboxylic acids is 1. The Balaban J connectivity index is 0.000000115. The Morgan fingerprint density at radius 2 is 0.866 bits per heavy atom. The van der Waals surface area contributed by atoms with Crippen LogP contribution in [0.4, 0.5) is 17.5 Å². The van der Waals surface area contributed by atoms with Crippen LogP contribution < -0.4 is 25.0 Å². The molecule has 26 nitrogen and oxygen atoms in total. The van der Waals surface area contributed by atoms with Crippen LogP contribution in [-0.2, 0) is 19.8 Å². The third-order valence-corrected chi connectivity index (χ3v) is 11.7. The van der Waals surface area contributed by atoms with Crippen LogP contribution in [0.1, 0.15) is 32.6 Å². The molecule has 4 aromatic carbocycles. The number of nitrogens with one attached hydrogen (secondary N) is 7. The van der Waals surface area contributed by atoms with Gasteiger partial charge in [0.05, 0.1) is 31.6 Å². The minimum absolute atomic E-state index is 0.217. The summed E-state index contributed by atoms with van der Waals surface area (Å²) in [5.74, 6) is 2.89. The van der Waals surface area contributed by atoms with Gasteiger partial charge in [0, 0.05) is 26.2 Å². The highest BCUT2D eigenvalue weighted by molar-refractivity contribution is 6.06. The van der Waals surface area contributed by atoms with E-state index in [9.17, 15) is 4.79 Å². The van der Waals surface area contributed by atoms with E-state index in [2.05, 4.69) is 142 Å². The predicted molar refractivity (Wildman–Crippen MR) is 307 cm³/mol. The number of imidazole rings is 5. The van der Waals surface area contributed by atoms with E-state index in [-0.39, 0.29) is 5.91 Å². The highest BCUT2D eigenvalue weighted by Crippen LogP contribution is 2.21. The molecule has 7 N–H and O–H groups in total. The first-order valence-electron chi connectivity index (χ1n) is 25.2. The number of aromatic nitrogens is 20. The van der Waals surface area contributed by atoms with Gasteiger partial charge >= 0.3 is 0 Å². The molecule has 1 amide bonds. The second-order valence-corrected chi connectivity index (χ2v) is 17.6. The number of fused-ring (bicyclic) bond motifs is 5. The highest BCUT2D eigenvalue weighted by Gasteiger charge is 2.12. The summed E-state index contributed by atoms with van der Waals surface area (Å²) in [6, 6.07) is 37.2. The topological polar surface area (TPSA) is 335 Å². The van der Waals surface area contributed by atoms with Gasteiger partial charge < -0.3 is 49.9 Å². The summed E-state index contributed by atoms with van der Waals surface area (Å²) in [5, 5.41) is 5.99. The maximum Gasteiger partial charge on any atom is 0.256 e. The molecular formula is C56H51N23O3. The van der Waals surface area contributed by atoms with Crippen molar-refractivity contribution in [1.29, 1.82) is 0 Å². The lowest BCUT2D eigenvalue weighted by Gasteiger charge is -2.10. The summed E-state index contributed by atoms with van der Waals surface area (Å²) < 4.78 is 11.3. The fourth-order valence-electron chi connectivity index (χ4n) is 7.79. The molecule has 408 valence electrons. The van der Waals surface area contributed by atoms with Gasteiger partial charge in [0.25, 0.3) is 5.91 Å². The monoisotopic (exact) mass is 1090 g/mol. The van der Waals surface area contributed by atoms with E-state index in [4.69, 9.17) is 9.47 Å². The van der Waals surface area contributed by atoms with Gasteiger partial charge in [0.15, 0.2) is 45.7 Å². The summed E-state index contributed by atoms with van der Waals surface area (Å²) in [6.45, 7) is 3.74. The third kappa shape index (κ3) is 13.9. The van der Waals surface area contributed by atoms with Gasteiger partial charge in [0.2, 0.25) is 11.8 Å². The Labute approximate surface area is 465 Å². The molecule has 0 spiro atoms. The Bertz CT molecular complexity index is 4150. The van der Waals surface area contributed by atoms with E-state index in [1.165, 1.54) is 49.1 Å². The highest BCUT2D eigenvalue weighted by atomic mass is 16.5. The van der Waals surface area contributed by atoms with Crippen LogP contribution in [0.2, 0.25) is 0 Å². The standard InChI is InChI=1S/C13H12N4O.C12H9N5O.C12H11N5.C12H10N4O.C7H9N5/c1-9-3-2-4-10(5-9)6-18-13-11-12(15-7-14-11)16-8-17-13;18-12(8-4-2-1-3-5-8)17-11-9-10(14-6-13-9)15-7-16-11;1-2-4-9(5-3-1)6-13-11-10-12(15-7-14-10)17-8-16-11;1-2-4-9(5-3-1)6-17-12-10-11(14-7-13-10)15-8-16-12;1-12(2)7-5-6(9-3-8-5)10-4-11-7/h2-5,7-8H,6H2,1H3,(H,14,15,16,17);1-7H,(H2,13,14,15,16,17,18);1-5,7-8H,6H2,(H2,13,14,15,16,17);1-5,7-8H,6H2,(H,13,14,15,16);3-4H,1-2H3,(H,8,9,10,11). The maximum atomic E-state index is 12.0. The number of aromatic amines is 5. The summed E-state index contributed by atoms with van der Waals surface area (Å²) in [5.41, 5.74) is 12.1. The molecule has 0 saturated heterocycles. The Kier molecular flexibility index (Phi) is 17.4. The zero-order valence-electron chi connectivity index (χ0n) is 44.2. The quantitative estimate of drug-likeness (QED) is 0.0606. The van der Waals surface area contributed by atoms with Crippen molar-refractivity contribution >= 4 is 79.2 Å². The number of amides is 1. The second kappa shape index (κ2) is 26.6. The molecule has 0 aliphatic carbocycles. The Hall–Kier alpha value is -11.7. The van der Waals surface area contributed by atoms with Crippen LogP contribution in [0.5, 0.6) is 11.8 Å². The lowest BCUT2D eigenvalue weighted by Crippen LogP contribution is -2.13. The van der Waals surface area contributed by atoms with Gasteiger partial charge in [-0.15, -0.1) is 0 Å². The van der Waals surface area contributed by atoms with Gasteiger partial charge in [-0.1, -0.05) is 109 Å². The van der Waals surface area contributed by atoms with Crippen LogP contribution in [-0.4, -0.2) is 120 Å². The van der Waals surface area contributed by atoms with Crippen LogP contribution in [0.25, 0.3) is 55.8 Å². The van der Waals surface area contributed by atoms with Gasteiger partial charge in [-0.25, -0.2) is 64.8 Å². The van der Waals surface area contributed by atoms with Crippen LogP contribution >= 0.6 is 0 Å². The molecule has 0 aliphatic heterocycles. The Morgan fingerprint density at radius 1 is 0.439 bits per heavy atom. The first-order valence-corrected chi connectivity index (χ1v) is 25.2. The van der Waals surface area contributed by atoms with Crippen molar-refractivity contribution in [3.8, 4) is 11.8 Å². The number of benzene rings is 4. The minimum atomic E-state index is -0.217. The molecular weight excluding hydrogens is 1040 g/mol. The van der Waals surface area contributed by atoms with Crippen molar-refractivity contribution in [2.75, 3.05) is 29.6 Å². The molecule has 10 aromatic heterocycles. The number of hydrogen-bond donors (Lipinski definition) is 7. The smallest absolute Gasteiger partial charge is 0.256 e. The number of carbonyl (C=O) groups is 1.